The SMILES string of the molecule is CC(C)CC(CO)NCc1cccc2cccnc12. The monoisotopic (exact) mass is 258 g/mol. The minimum absolute atomic E-state index is 0.152. The predicted molar refractivity (Wildman–Crippen MR) is 78.9 cm³/mol. The molecule has 19 heavy (non-hydrogen) atoms. The number of aromatic nitrogens is 1. The molecule has 2 aromatic rings. The molecule has 1 aromatic heterocycles. The van der Waals surface area contributed by atoms with Gasteiger partial charge in [-0.05, 0) is 24.0 Å². The molecule has 3 heteroatoms. The molecule has 1 atom stereocenters. The molecule has 1 heterocycles. The molecule has 0 saturated heterocycles. The number of hydrogen-bond donors (Lipinski definition) is 2. The summed E-state index contributed by atoms with van der Waals surface area (Å²) in [5.74, 6) is 0.579. The second-order valence-electron chi connectivity index (χ2n) is 5.38. The molecule has 0 radical (unpaired) electrons. The lowest BCUT2D eigenvalue weighted by Gasteiger charge is -2.18. The molecule has 1 unspecified atom stereocenters. The van der Waals surface area contributed by atoms with Crippen molar-refractivity contribution < 1.29 is 5.11 Å². The first-order chi connectivity index (χ1) is 9.20. The third-order valence-electron chi connectivity index (χ3n) is 3.27. The Hall–Kier alpha value is -1.45. The van der Waals surface area contributed by atoms with Crippen molar-refractivity contribution in [3.05, 3.63) is 42.1 Å². The van der Waals surface area contributed by atoms with Gasteiger partial charge in [0.25, 0.3) is 0 Å². The highest BCUT2D eigenvalue weighted by atomic mass is 16.3. The van der Waals surface area contributed by atoms with E-state index in [0.29, 0.717) is 5.92 Å². The predicted octanol–water partition coefficient (Wildman–Crippen LogP) is 2.73. The number of fused-ring (bicyclic) bond motifs is 1. The lowest BCUT2D eigenvalue weighted by Crippen LogP contribution is -2.33. The minimum Gasteiger partial charge on any atom is -0.395 e. The number of aliphatic hydroxyl groups excluding tert-OH is 1. The zero-order valence-electron chi connectivity index (χ0n) is 11.6. The van der Waals surface area contributed by atoms with Crippen LogP contribution in [-0.2, 0) is 6.54 Å². The normalized spacial score (nSPS) is 13.1. The fourth-order valence-electron chi connectivity index (χ4n) is 2.36. The molecule has 0 fully saturated rings. The van der Waals surface area contributed by atoms with Gasteiger partial charge in [0.15, 0.2) is 0 Å². The zero-order valence-corrected chi connectivity index (χ0v) is 11.6. The molecule has 3 nitrogen and oxygen atoms in total. The standard InChI is InChI=1S/C16H22N2O/c1-12(2)9-15(11-19)18-10-14-6-3-5-13-7-4-8-17-16(13)14/h3-8,12,15,18-19H,9-11H2,1-2H3. The smallest absolute Gasteiger partial charge is 0.0746 e. The van der Waals surface area contributed by atoms with Crippen molar-refractivity contribution in [3.63, 3.8) is 0 Å². The van der Waals surface area contributed by atoms with Crippen LogP contribution in [0.1, 0.15) is 25.8 Å². The molecule has 0 aliphatic heterocycles. The van der Waals surface area contributed by atoms with Gasteiger partial charge < -0.3 is 10.4 Å². The van der Waals surface area contributed by atoms with Crippen LogP contribution in [0.5, 0.6) is 0 Å². The average Bonchev–Trinajstić information content (AvgIpc) is 2.43. The number of hydrogen-bond acceptors (Lipinski definition) is 3. The lowest BCUT2D eigenvalue weighted by atomic mass is 10.0. The molecule has 2 rings (SSSR count). The summed E-state index contributed by atoms with van der Waals surface area (Å²) in [6.45, 7) is 5.26. The van der Waals surface area contributed by atoms with Crippen LogP contribution in [0.3, 0.4) is 0 Å². The van der Waals surface area contributed by atoms with Crippen molar-refractivity contribution in [1.82, 2.24) is 10.3 Å². The molecule has 0 spiro atoms. The topological polar surface area (TPSA) is 45.1 Å². The number of nitrogens with one attached hydrogen (secondary N) is 1. The summed E-state index contributed by atoms with van der Waals surface area (Å²) in [5.41, 5.74) is 2.22. The molecule has 0 saturated carbocycles. The minimum atomic E-state index is 0.152. The Morgan fingerprint density at radius 1 is 1.21 bits per heavy atom. The summed E-state index contributed by atoms with van der Waals surface area (Å²) in [6.07, 6.45) is 2.80. The Kier molecular flexibility index (Phi) is 4.88. The van der Waals surface area contributed by atoms with Gasteiger partial charge in [-0.3, -0.25) is 4.98 Å². The summed E-state index contributed by atoms with van der Waals surface area (Å²) in [5, 5.41) is 14.0. The van der Waals surface area contributed by atoms with Gasteiger partial charge in [0, 0.05) is 24.2 Å². The van der Waals surface area contributed by atoms with Gasteiger partial charge in [-0.2, -0.15) is 0 Å². The van der Waals surface area contributed by atoms with Crippen molar-refractivity contribution in [2.75, 3.05) is 6.61 Å². The number of para-hydroxylation sites is 1. The highest BCUT2D eigenvalue weighted by Gasteiger charge is 2.10. The molecule has 102 valence electrons. The third-order valence-corrected chi connectivity index (χ3v) is 3.27. The van der Waals surface area contributed by atoms with Crippen molar-refractivity contribution in [3.8, 4) is 0 Å². The highest BCUT2D eigenvalue weighted by Crippen LogP contribution is 2.16. The van der Waals surface area contributed by atoms with Crippen LogP contribution in [-0.4, -0.2) is 22.7 Å². The van der Waals surface area contributed by atoms with Gasteiger partial charge in [0.1, 0.15) is 0 Å². The van der Waals surface area contributed by atoms with Crippen LogP contribution in [0.15, 0.2) is 36.5 Å². The molecular weight excluding hydrogens is 236 g/mol. The molecule has 0 aliphatic carbocycles. The first kappa shape index (κ1) is 14.0. The summed E-state index contributed by atoms with van der Waals surface area (Å²) >= 11 is 0. The van der Waals surface area contributed by atoms with Gasteiger partial charge in [-0.1, -0.05) is 38.1 Å². The van der Waals surface area contributed by atoms with Gasteiger partial charge in [0.05, 0.1) is 12.1 Å². The average molecular weight is 258 g/mol. The number of aliphatic hydroxyl groups is 1. The van der Waals surface area contributed by atoms with Crippen LogP contribution < -0.4 is 5.32 Å². The molecular formula is C16H22N2O. The fraction of sp³-hybridized carbons (Fsp3) is 0.438. The van der Waals surface area contributed by atoms with Crippen LogP contribution in [0.2, 0.25) is 0 Å². The zero-order chi connectivity index (χ0) is 13.7. The summed E-state index contributed by atoms with van der Waals surface area (Å²) in [7, 11) is 0. The van der Waals surface area contributed by atoms with Crippen molar-refractivity contribution >= 4 is 10.9 Å². The molecule has 2 N–H and O–H groups in total. The summed E-state index contributed by atoms with van der Waals surface area (Å²) in [6, 6.07) is 10.4. The number of benzene rings is 1. The van der Waals surface area contributed by atoms with E-state index in [1.807, 2.05) is 12.3 Å². The maximum atomic E-state index is 9.39. The highest BCUT2D eigenvalue weighted by molar-refractivity contribution is 5.81. The lowest BCUT2D eigenvalue weighted by molar-refractivity contribution is 0.223. The fourth-order valence-corrected chi connectivity index (χ4v) is 2.36. The molecule has 0 aliphatic rings. The Labute approximate surface area is 114 Å². The number of nitrogens with zero attached hydrogens (tertiary/aromatic N) is 1. The Morgan fingerprint density at radius 2 is 2.00 bits per heavy atom. The van der Waals surface area contributed by atoms with Gasteiger partial charge in [-0.15, -0.1) is 0 Å². The Bertz CT molecular complexity index is 520. The maximum Gasteiger partial charge on any atom is 0.0746 e. The van der Waals surface area contributed by atoms with Crippen LogP contribution in [0.25, 0.3) is 10.9 Å². The number of rotatable bonds is 6. The Morgan fingerprint density at radius 3 is 2.74 bits per heavy atom. The van der Waals surface area contributed by atoms with Crippen LogP contribution in [0.4, 0.5) is 0 Å². The van der Waals surface area contributed by atoms with Gasteiger partial charge in [-0.25, -0.2) is 0 Å². The largest absolute Gasteiger partial charge is 0.395 e. The summed E-state index contributed by atoms with van der Waals surface area (Å²) < 4.78 is 0. The van der Waals surface area contributed by atoms with E-state index < -0.39 is 0 Å². The van der Waals surface area contributed by atoms with Crippen molar-refractivity contribution in [2.24, 2.45) is 5.92 Å². The second kappa shape index (κ2) is 6.64. The summed E-state index contributed by atoms with van der Waals surface area (Å²) in [4.78, 5) is 4.44. The maximum absolute atomic E-state index is 9.39. The quantitative estimate of drug-likeness (QED) is 0.837. The first-order valence-electron chi connectivity index (χ1n) is 6.87. The van der Waals surface area contributed by atoms with Crippen molar-refractivity contribution in [1.29, 1.82) is 0 Å². The van der Waals surface area contributed by atoms with E-state index in [-0.39, 0.29) is 12.6 Å². The van der Waals surface area contributed by atoms with Gasteiger partial charge in [0.2, 0.25) is 0 Å². The van der Waals surface area contributed by atoms with Gasteiger partial charge >= 0.3 is 0 Å². The molecule has 0 bridgehead atoms. The number of pyridine rings is 1. The third kappa shape index (κ3) is 3.75. The van der Waals surface area contributed by atoms with E-state index in [0.717, 1.165) is 23.9 Å². The molecule has 0 amide bonds. The second-order valence-corrected chi connectivity index (χ2v) is 5.38. The van der Waals surface area contributed by atoms with E-state index in [2.05, 4.69) is 48.4 Å². The van der Waals surface area contributed by atoms with E-state index in [1.54, 1.807) is 0 Å². The first-order valence-corrected chi connectivity index (χ1v) is 6.87. The van der Waals surface area contributed by atoms with E-state index in [1.165, 1.54) is 5.56 Å². The van der Waals surface area contributed by atoms with E-state index in [9.17, 15) is 5.11 Å². The van der Waals surface area contributed by atoms with E-state index >= 15 is 0 Å². The van der Waals surface area contributed by atoms with E-state index in [4.69, 9.17) is 0 Å². The molecule has 1 aromatic carbocycles. The van der Waals surface area contributed by atoms with Crippen molar-refractivity contribution in [2.45, 2.75) is 32.9 Å². The Balaban J connectivity index is 2.09. The van der Waals surface area contributed by atoms with Crippen LogP contribution in [0, 0.1) is 5.92 Å². The van der Waals surface area contributed by atoms with Crippen LogP contribution >= 0.6 is 0 Å².